The smallest absolute Gasteiger partial charge is 0.227 e. The first-order valence-corrected chi connectivity index (χ1v) is 7.53. The number of thiophene rings is 1. The van der Waals surface area contributed by atoms with Crippen LogP contribution >= 0.6 is 22.9 Å². The highest BCUT2D eigenvalue weighted by Gasteiger charge is 2.25. The topological polar surface area (TPSA) is 46.3 Å². The molecule has 19 heavy (non-hydrogen) atoms. The molecule has 0 bridgehead atoms. The largest absolute Gasteiger partial charge is 0.334 e. The number of amides is 1. The van der Waals surface area contributed by atoms with Crippen LogP contribution < -0.4 is 5.73 Å². The molecule has 106 valence electrons. The van der Waals surface area contributed by atoms with E-state index in [2.05, 4.69) is 6.58 Å². The fourth-order valence-electron chi connectivity index (χ4n) is 1.91. The Bertz CT molecular complexity index is 431. The van der Waals surface area contributed by atoms with Gasteiger partial charge >= 0.3 is 0 Å². The standard InChI is InChI=1S/C14H21ClN2OS/c1-4-7-17(9-11-5-6-13(15)19-11)14(18)12(8-16)10(2)3/h4-6,10,12H,1,7-9,16H2,2-3H3. The summed E-state index contributed by atoms with van der Waals surface area (Å²) in [6.07, 6.45) is 1.74. The van der Waals surface area contributed by atoms with Crippen molar-refractivity contribution in [3.05, 3.63) is 34.0 Å². The van der Waals surface area contributed by atoms with Crippen molar-refractivity contribution in [2.75, 3.05) is 13.1 Å². The molecule has 1 aromatic heterocycles. The van der Waals surface area contributed by atoms with Crippen LogP contribution in [0.2, 0.25) is 4.34 Å². The molecule has 1 rings (SSSR count). The van der Waals surface area contributed by atoms with Gasteiger partial charge in [-0.15, -0.1) is 17.9 Å². The van der Waals surface area contributed by atoms with Crippen molar-refractivity contribution < 1.29 is 4.79 Å². The van der Waals surface area contributed by atoms with Gasteiger partial charge in [0, 0.05) is 18.0 Å². The third-order valence-electron chi connectivity index (χ3n) is 3.01. The lowest BCUT2D eigenvalue weighted by Gasteiger charge is -2.27. The zero-order valence-corrected chi connectivity index (χ0v) is 13.0. The molecule has 2 N–H and O–H groups in total. The number of hydrogen-bond donors (Lipinski definition) is 1. The quantitative estimate of drug-likeness (QED) is 0.786. The zero-order valence-electron chi connectivity index (χ0n) is 11.4. The van der Waals surface area contributed by atoms with E-state index in [0.717, 1.165) is 9.21 Å². The number of halogens is 1. The molecule has 5 heteroatoms. The van der Waals surface area contributed by atoms with E-state index in [1.807, 2.05) is 26.0 Å². The van der Waals surface area contributed by atoms with Crippen molar-refractivity contribution in [3.63, 3.8) is 0 Å². The Morgan fingerprint density at radius 3 is 2.68 bits per heavy atom. The van der Waals surface area contributed by atoms with E-state index in [0.29, 0.717) is 19.6 Å². The first-order chi connectivity index (χ1) is 8.99. The Morgan fingerprint density at radius 2 is 2.26 bits per heavy atom. The second-order valence-corrected chi connectivity index (χ2v) is 6.60. The summed E-state index contributed by atoms with van der Waals surface area (Å²) < 4.78 is 0.736. The first-order valence-electron chi connectivity index (χ1n) is 6.33. The lowest BCUT2D eigenvalue weighted by atomic mass is 9.94. The van der Waals surface area contributed by atoms with Crippen LogP contribution in [-0.2, 0) is 11.3 Å². The Kier molecular flexibility index (Phi) is 6.55. The summed E-state index contributed by atoms with van der Waals surface area (Å²) in [5.41, 5.74) is 5.71. The van der Waals surface area contributed by atoms with Gasteiger partial charge in [-0.05, 0) is 18.1 Å². The fourth-order valence-corrected chi connectivity index (χ4v) is 3.01. The van der Waals surface area contributed by atoms with Gasteiger partial charge in [-0.2, -0.15) is 0 Å². The maximum absolute atomic E-state index is 12.5. The highest BCUT2D eigenvalue weighted by atomic mass is 35.5. The Labute approximate surface area is 124 Å². The lowest BCUT2D eigenvalue weighted by molar-refractivity contribution is -0.136. The molecular weight excluding hydrogens is 280 g/mol. The van der Waals surface area contributed by atoms with E-state index < -0.39 is 0 Å². The number of hydrogen-bond acceptors (Lipinski definition) is 3. The Hall–Kier alpha value is -0.840. The Balaban J connectivity index is 2.81. The summed E-state index contributed by atoms with van der Waals surface area (Å²) >= 11 is 7.41. The van der Waals surface area contributed by atoms with Gasteiger partial charge < -0.3 is 10.6 Å². The lowest BCUT2D eigenvalue weighted by Crippen LogP contribution is -2.41. The molecule has 0 aliphatic rings. The summed E-state index contributed by atoms with van der Waals surface area (Å²) in [7, 11) is 0. The van der Waals surface area contributed by atoms with Gasteiger partial charge in [-0.3, -0.25) is 4.79 Å². The van der Waals surface area contributed by atoms with E-state index in [1.54, 1.807) is 11.0 Å². The first kappa shape index (κ1) is 16.2. The summed E-state index contributed by atoms with van der Waals surface area (Å²) in [5.74, 6) is 0.175. The SMILES string of the molecule is C=CCN(Cc1ccc(Cl)s1)C(=O)C(CN)C(C)C. The average Bonchev–Trinajstić information content (AvgIpc) is 2.74. The van der Waals surface area contributed by atoms with Crippen molar-refractivity contribution >= 4 is 28.8 Å². The molecule has 3 nitrogen and oxygen atoms in total. The van der Waals surface area contributed by atoms with Crippen LogP contribution in [0.3, 0.4) is 0 Å². The molecule has 0 spiro atoms. The highest BCUT2D eigenvalue weighted by molar-refractivity contribution is 7.16. The molecule has 1 unspecified atom stereocenters. The fraction of sp³-hybridized carbons (Fsp3) is 0.500. The molecule has 0 saturated carbocycles. The molecule has 0 aromatic carbocycles. The van der Waals surface area contributed by atoms with Crippen LogP contribution in [0, 0.1) is 11.8 Å². The average molecular weight is 301 g/mol. The third kappa shape index (κ3) is 4.64. The van der Waals surface area contributed by atoms with E-state index in [1.165, 1.54) is 11.3 Å². The van der Waals surface area contributed by atoms with Crippen molar-refractivity contribution in [2.45, 2.75) is 20.4 Å². The van der Waals surface area contributed by atoms with E-state index in [9.17, 15) is 4.79 Å². The van der Waals surface area contributed by atoms with Gasteiger partial charge in [0.05, 0.1) is 16.8 Å². The molecule has 1 aromatic rings. The van der Waals surface area contributed by atoms with Crippen LogP contribution in [0.1, 0.15) is 18.7 Å². The van der Waals surface area contributed by atoms with Gasteiger partial charge in [0.15, 0.2) is 0 Å². The zero-order chi connectivity index (χ0) is 14.4. The van der Waals surface area contributed by atoms with Crippen LogP contribution in [-0.4, -0.2) is 23.9 Å². The number of carbonyl (C=O) groups excluding carboxylic acids is 1. The van der Waals surface area contributed by atoms with Crippen molar-refractivity contribution in [1.82, 2.24) is 4.90 Å². The number of nitrogens with zero attached hydrogens (tertiary/aromatic N) is 1. The van der Waals surface area contributed by atoms with Gasteiger partial charge in [-0.25, -0.2) is 0 Å². The summed E-state index contributed by atoms with van der Waals surface area (Å²) in [5, 5.41) is 0. The molecule has 0 radical (unpaired) electrons. The van der Waals surface area contributed by atoms with Crippen molar-refractivity contribution in [2.24, 2.45) is 17.6 Å². The molecule has 1 atom stereocenters. The maximum atomic E-state index is 12.5. The molecule has 0 aliphatic carbocycles. The molecule has 0 saturated heterocycles. The third-order valence-corrected chi connectivity index (χ3v) is 4.23. The van der Waals surface area contributed by atoms with Gasteiger partial charge in [-0.1, -0.05) is 31.5 Å². The normalized spacial score (nSPS) is 12.5. The summed E-state index contributed by atoms with van der Waals surface area (Å²) in [6.45, 7) is 9.20. The van der Waals surface area contributed by atoms with Gasteiger partial charge in [0.2, 0.25) is 5.91 Å². The predicted octanol–water partition coefficient (Wildman–Crippen LogP) is 3.15. The minimum absolute atomic E-state index is 0.0851. The molecule has 0 fully saturated rings. The molecule has 0 aliphatic heterocycles. The Morgan fingerprint density at radius 1 is 1.58 bits per heavy atom. The number of carbonyl (C=O) groups is 1. The minimum atomic E-state index is -0.143. The van der Waals surface area contributed by atoms with Crippen LogP contribution in [0.25, 0.3) is 0 Å². The van der Waals surface area contributed by atoms with Gasteiger partial charge in [0.25, 0.3) is 0 Å². The van der Waals surface area contributed by atoms with Crippen LogP contribution in [0.5, 0.6) is 0 Å². The second-order valence-electron chi connectivity index (χ2n) is 4.80. The molecular formula is C14H21ClN2OS. The second kappa shape index (κ2) is 7.68. The highest BCUT2D eigenvalue weighted by Crippen LogP contribution is 2.24. The molecule has 1 heterocycles. The van der Waals surface area contributed by atoms with Crippen LogP contribution in [0.15, 0.2) is 24.8 Å². The number of nitrogens with two attached hydrogens (primary N) is 1. The summed E-state index contributed by atoms with van der Waals surface area (Å²) in [4.78, 5) is 15.3. The van der Waals surface area contributed by atoms with E-state index >= 15 is 0 Å². The monoisotopic (exact) mass is 300 g/mol. The number of rotatable bonds is 7. The maximum Gasteiger partial charge on any atom is 0.227 e. The van der Waals surface area contributed by atoms with Crippen molar-refractivity contribution in [1.29, 1.82) is 0 Å². The molecule has 1 amide bonds. The van der Waals surface area contributed by atoms with Gasteiger partial charge in [0.1, 0.15) is 0 Å². The van der Waals surface area contributed by atoms with Crippen molar-refractivity contribution in [3.8, 4) is 0 Å². The minimum Gasteiger partial charge on any atom is -0.334 e. The predicted molar refractivity (Wildman–Crippen MR) is 82.3 cm³/mol. The van der Waals surface area contributed by atoms with Crippen LogP contribution in [0.4, 0.5) is 0 Å². The summed E-state index contributed by atoms with van der Waals surface area (Å²) in [6, 6.07) is 3.80. The van der Waals surface area contributed by atoms with E-state index in [4.69, 9.17) is 17.3 Å². The van der Waals surface area contributed by atoms with E-state index in [-0.39, 0.29) is 17.7 Å².